The second kappa shape index (κ2) is 2.98. The van der Waals surface area contributed by atoms with Gasteiger partial charge in [0, 0.05) is 0 Å². The van der Waals surface area contributed by atoms with Gasteiger partial charge in [0.15, 0.2) is 0 Å². The van der Waals surface area contributed by atoms with Gasteiger partial charge >= 0.3 is 0 Å². The van der Waals surface area contributed by atoms with Crippen LogP contribution in [0.1, 0.15) is 32.1 Å². The van der Waals surface area contributed by atoms with Crippen molar-refractivity contribution in [2.75, 3.05) is 0 Å². The van der Waals surface area contributed by atoms with E-state index in [1.54, 1.807) is 6.42 Å². The van der Waals surface area contributed by atoms with Gasteiger partial charge in [0.2, 0.25) is 0 Å². The average molecular weight is 135 g/mol. The molecule has 2 aliphatic rings. The lowest BCUT2D eigenvalue weighted by atomic mass is 9.54. The quantitative estimate of drug-likeness (QED) is 0.448. The molecule has 55 valence electrons. The van der Waals surface area contributed by atoms with E-state index in [1.807, 2.05) is 0 Å². The first-order chi connectivity index (χ1) is 4.97. The van der Waals surface area contributed by atoms with E-state index in [1.165, 1.54) is 38.3 Å². The smallest absolute Gasteiger partial charge is 0.0800 e. The molecule has 1 aliphatic heterocycles. The van der Waals surface area contributed by atoms with Crippen LogP contribution in [0.5, 0.6) is 0 Å². The SMILES string of the molecule is [B]1CCC2CCCCC2C1. The minimum Gasteiger partial charge on any atom is -0.0800 e. The highest BCUT2D eigenvalue weighted by molar-refractivity contribution is 6.35. The van der Waals surface area contributed by atoms with Crippen LogP contribution in [0.2, 0.25) is 12.6 Å². The van der Waals surface area contributed by atoms with Crippen LogP contribution in [-0.2, 0) is 0 Å². The summed E-state index contributed by atoms with van der Waals surface area (Å²) in [6.07, 6.45) is 10.4. The van der Waals surface area contributed by atoms with Crippen molar-refractivity contribution in [2.45, 2.75) is 44.7 Å². The van der Waals surface area contributed by atoms with Crippen LogP contribution in [0.25, 0.3) is 0 Å². The molecule has 0 aromatic carbocycles. The van der Waals surface area contributed by atoms with E-state index < -0.39 is 0 Å². The van der Waals surface area contributed by atoms with E-state index in [-0.39, 0.29) is 0 Å². The first-order valence-corrected chi connectivity index (χ1v) is 4.78. The van der Waals surface area contributed by atoms with Crippen molar-refractivity contribution >= 4 is 7.28 Å². The maximum absolute atomic E-state index is 2.51. The molecule has 1 saturated carbocycles. The van der Waals surface area contributed by atoms with Gasteiger partial charge in [-0.2, -0.15) is 0 Å². The topological polar surface area (TPSA) is 0 Å². The summed E-state index contributed by atoms with van der Waals surface area (Å²) in [6.45, 7) is 0. The van der Waals surface area contributed by atoms with Gasteiger partial charge in [-0.1, -0.05) is 44.7 Å². The first-order valence-electron chi connectivity index (χ1n) is 4.78. The highest BCUT2D eigenvalue weighted by Gasteiger charge is 2.27. The van der Waals surface area contributed by atoms with Gasteiger partial charge in [0.1, 0.15) is 7.28 Å². The third-order valence-corrected chi connectivity index (χ3v) is 3.28. The lowest BCUT2D eigenvalue weighted by Crippen LogP contribution is -2.24. The van der Waals surface area contributed by atoms with E-state index in [4.69, 9.17) is 0 Å². The second-order valence-corrected chi connectivity index (χ2v) is 3.91. The van der Waals surface area contributed by atoms with Gasteiger partial charge in [0.25, 0.3) is 0 Å². The van der Waals surface area contributed by atoms with Crippen LogP contribution < -0.4 is 0 Å². The molecule has 1 aliphatic carbocycles. The Balaban J connectivity index is 1.93. The van der Waals surface area contributed by atoms with Gasteiger partial charge in [0.05, 0.1) is 0 Å². The molecule has 2 fully saturated rings. The molecule has 2 unspecified atom stereocenters. The van der Waals surface area contributed by atoms with Crippen molar-refractivity contribution in [3.63, 3.8) is 0 Å². The van der Waals surface area contributed by atoms with Crippen LogP contribution in [0.3, 0.4) is 0 Å². The van der Waals surface area contributed by atoms with Crippen LogP contribution in [0.4, 0.5) is 0 Å². The largest absolute Gasteiger partial charge is 0.109 e. The lowest BCUT2D eigenvalue weighted by molar-refractivity contribution is 0.239. The molecule has 0 spiro atoms. The normalized spacial score (nSPS) is 40.0. The van der Waals surface area contributed by atoms with Gasteiger partial charge in [-0.25, -0.2) is 0 Å². The molecule has 1 saturated heterocycles. The Bertz CT molecular complexity index is 85.3. The van der Waals surface area contributed by atoms with Crippen LogP contribution in [-0.4, -0.2) is 7.28 Å². The number of fused-ring (bicyclic) bond motifs is 1. The Morgan fingerprint density at radius 2 is 1.70 bits per heavy atom. The molecule has 0 bridgehead atoms. The third kappa shape index (κ3) is 1.23. The zero-order chi connectivity index (χ0) is 6.81. The van der Waals surface area contributed by atoms with E-state index in [0.717, 1.165) is 11.8 Å². The summed E-state index contributed by atoms with van der Waals surface area (Å²) in [7, 11) is 2.51. The molecule has 10 heavy (non-hydrogen) atoms. The summed E-state index contributed by atoms with van der Waals surface area (Å²) in [5.74, 6) is 2.22. The van der Waals surface area contributed by atoms with Crippen molar-refractivity contribution in [2.24, 2.45) is 11.8 Å². The molecule has 2 rings (SSSR count). The standard InChI is InChI=1S/C9H16B/c1-2-4-9-7-10-6-5-8(9)3-1/h8-9H,1-7H2. The summed E-state index contributed by atoms with van der Waals surface area (Å²) in [4.78, 5) is 0. The maximum atomic E-state index is 2.51. The fourth-order valence-corrected chi connectivity index (χ4v) is 2.64. The van der Waals surface area contributed by atoms with Gasteiger partial charge in [-0.3, -0.25) is 0 Å². The van der Waals surface area contributed by atoms with Gasteiger partial charge < -0.3 is 0 Å². The minimum absolute atomic E-state index is 1.10. The average Bonchev–Trinajstić information content (AvgIpc) is 2.05. The Labute approximate surface area is 64.6 Å². The van der Waals surface area contributed by atoms with E-state index >= 15 is 0 Å². The summed E-state index contributed by atoms with van der Waals surface area (Å²) in [5.41, 5.74) is 0. The number of hydrogen-bond donors (Lipinski definition) is 0. The Kier molecular flexibility index (Phi) is 2.01. The fraction of sp³-hybridized carbons (Fsp3) is 1.00. The van der Waals surface area contributed by atoms with Crippen molar-refractivity contribution in [1.82, 2.24) is 0 Å². The molecule has 1 heterocycles. The monoisotopic (exact) mass is 135 g/mol. The third-order valence-electron chi connectivity index (χ3n) is 3.28. The zero-order valence-corrected chi connectivity index (χ0v) is 6.68. The van der Waals surface area contributed by atoms with Crippen LogP contribution in [0.15, 0.2) is 0 Å². The highest BCUT2D eigenvalue weighted by atomic mass is 14.3. The minimum atomic E-state index is 1.10. The molecule has 0 aromatic heterocycles. The summed E-state index contributed by atoms with van der Waals surface area (Å²) in [5, 5.41) is 0. The molecular weight excluding hydrogens is 119 g/mol. The van der Waals surface area contributed by atoms with E-state index in [0.29, 0.717) is 0 Å². The molecule has 2 atom stereocenters. The molecule has 0 aromatic rings. The molecule has 0 N–H and O–H groups in total. The highest BCUT2D eigenvalue weighted by Crippen LogP contribution is 2.38. The molecule has 0 amide bonds. The summed E-state index contributed by atoms with van der Waals surface area (Å²) in [6, 6.07) is 0. The maximum Gasteiger partial charge on any atom is 0.109 e. The Morgan fingerprint density at radius 3 is 2.50 bits per heavy atom. The van der Waals surface area contributed by atoms with E-state index in [2.05, 4.69) is 7.28 Å². The number of rotatable bonds is 0. The van der Waals surface area contributed by atoms with Gasteiger partial charge in [-0.15, -0.1) is 0 Å². The Hall–Kier alpha value is 0.0649. The van der Waals surface area contributed by atoms with Crippen LogP contribution >= 0.6 is 0 Å². The molecule has 1 radical (unpaired) electrons. The summed E-state index contributed by atoms with van der Waals surface area (Å²) < 4.78 is 0. The van der Waals surface area contributed by atoms with Crippen molar-refractivity contribution in [3.05, 3.63) is 0 Å². The lowest BCUT2D eigenvalue weighted by Gasteiger charge is -2.35. The van der Waals surface area contributed by atoms with Crippen molar-refractivity contribution in [1.29, 1.82) is 0 Å². The molecule has 0 nitrogen and oxygen atoms in total. The van der Waals surface area contributed by atoms with E-state index in [9.17, 15) is 0 Å². The van der Waals surface area contributed by atoms with Crippen molar-refractivity contribution in [3.8, 4) is 0 Å². The second-order valence-electron chi connectivity index (χ2n) is 3.91. The van der Waals surface area contributed by atoms with Crippen LogP contribution in [0, 0.1) is 11.8 Å². The van der Waals surface area contributed by atoms with Gasteiger partial charge in [-0.05, 0) is 11.8 Å². The Morgan fingerprint density at radius 1 is 0.900 bits per heavy atom. The molecule has 1 heteroatoms. The predicted octanol–water partition coefficient (Wildman–Crippen LogP) is 2.74. The number of hydrogen-bond acceptors (Lipinski definition) is 0. The zero-order valence-electron chi connectivity index (χ0n) is 6.68. The first kappa shape index (κ1) is 6.76. The van der Waals surface area contributed by atoms with Crippen molar-refractivity contribution < 1.29 is 0 Å². The summed E-state index contributed by atoms with van der Waals surface area (Å²) >= 11 is 0. The fourth-order valence-electron chi connectivity index (χ4n) is 2.64. The predicted molar refractivity (Wildman–Crippen MR) is 45.4 cm³/mol. The molecular formula is C9H16B.